The number of carboxylic acids is 1. The van der Waals surface area contributed by atoms with Crippen molar-refractivity contribution in [3.8, 4) is 0 Å². The average molecular weight is 821 g/mol. The van der Waals surface area contributed by atoms with Gasteiger partial charge in [0.25, 0.3) is 0 Å². The van der Waals surface area contributed by atoms with E-state index in [0.29, 0.717) is 0 Å². The van der Waals surface area contributed by atoms with Crippen LogP contribution in [0.1, 0.15) is 56.4 Å². The second-order valence-corrected chi connectivity index (χ2v) is 14.4. The number of hydrogen-bond acceptors (Lipinski definition) is 20. The topological polar surface area (TPSA) is 430 Å². The normalized spacial score (nSPS) is 44.5. The van der Waals surface area contributed by atoms with Crippen LogP contribution < -0.4 is 0 Å². The fourth-order valence-corrected chi connectivity index (χ4v) is 5.95. The minimum absolute atomic E-state index is 0. The lowest BCUT2D eigenvalue weighted by atomic mass is 9.71. The maximum Gasteiger partial charge on any atom is 0.335 e. The number of carbonyl (C=O) groups is 1. The predicted molar refractivity (Wildman–Crippen MR) is 186 cm³/mol. The minimum atomic E-state index is -1.81. The predicted octanol–water partition coefficient (Wildman–Crippen LogP) is -7.54. The van der Waals surface area contributed by atoms with Crippen molar-refractivity contribution < 1.29 is 116 Å². The van der Waals surface area contributed by atoms with Crippen molar-refractivity contribution >= 4 is 5.97 Å². The summed E-state index contributed by atoms with van der Waals surface area (Å²) in [6.45, 7) is 8.41. The third kappa shape index (κ3) is 12.8. The smallest absolute Gasteiger partial charge is 0.335 e. The van der Waals surface area contributed by atoms with Gasteiger partial charge in [0.2, 0.25) is 0 Å². The third-order valence-electron chi connectivity index (χ3n) is 9.63. The molecule has 4 rings (SSSR count). The van der Waals surface area contributed by atoms with E-state index in [1.807, 2.05) is 0 Å². The van der Waals surface area contributed by atoms with Crippen LogP contribution in [-0.2, 0) is 28.5 Å². The summed E-state index contributed by atoms with van der Waals surface area (Å²) in [5.74, 6) is -1.52. The molecule has 23 nitrogen and oxygen atoms in total. The van der Waals surface area contributed by atoms with Gasteiger partial charge < -0.3 is 111 Å². The van der Waals surface area contributed by atoms with Gasteiger partial charge in [0.1, 0.15) is 67.1 Å². The van der Waals surface area contributed by atoms with Crippen LogP contribution in [0.2, 0.25) is 0 Å². The molecular formula is C32H68O23. The number of carboxylic acid groups (broad SMARTS) is 1. The second kappa shape index (κ2) is 22.7. The highest BCUT2D eigenvalue weighted by Gasteiger charge is 2.56. The highest BCUT2D eigenvalue weighted by Crippen LogP contribution is 2.42. The monoisotopic (exact) mass is 820 g/mol. The molecule has 0 aromatic heterocycles. The number of rotatable bonds is 6. The molecule has 0 saturated carbocycles. The van der Waals surface area contributed by atoms with Crippen LogP contribution in [0.4, 0.5) is 0 Å². The van der Waals surface area contributed by atoms with Gasteiger partial charge in [-0.25, -0.2) is 4.79 Å². The zero-order chi connectivity index (χ0) is 39.5. The Bertz CT molecular complexity index is 1090. The summed E-state index contributed by atoms with van der Waals surface area (Å²) in [4.78, 5) is 10.4. The van der Waals surface area contributed by atoms with E-state index in [2.05, 4.69) is 4.74 Å². The van der Waals surface area contributed by atoms with E-state index >= 15 is 0 Å². The van der Waals surface area contributed by atoms with Crippen LogP contribution in [-0.4, -0.2) is 229 Å². The highest BCUT2D eigenvalue weighted by atomic mass is 16.7. The molecule has 334 valence electrons. The Morgan fingerprint density at radius 1 is 0.600 bits per heavy atom. The molecule has 18 atom stereocenters. The lowest BCUT2D eigenvalue weighted by molar-refractivity contribution is -0.328. The molecule has 0 amide bonds. The first-order valence-corrected chi connectivity index (χ1v) is 16.2. The summed E-state index contributed by atoms with van der Waals surface area (Å²) in [5.41, 5.74) is -3.13. The van der Waals surface area contributed by atoms with Gasteiger partial charge in [0.05, 0.1) is 49.3 Å². The van der Waals surface area contributed by atoms with E-state index in [4.69, 9.17) is 44.5 Å². The Morgan fingerprint density at radius 2 is 1.09 bits per heavy atom. The molecule has 4 fully saturated rings. The fraction of sp³-hybridized carbons (Fsp3) is 0.969. The second-order valence-electron chi connectivity index (χ2n) is 14.4. The van der Waals surface area contributed by atoms with Gasteiger partial charge in [0, 0.05) is 5.41 Å². The first-order chi connectivity index (χ1) is 23.3. The molecule has 0 aromatic rings. The summed E-state index contributed by atoms with van der Waals surface area (Å²) in [6, 6.07) is 0. The van der Waals surface area contributed by atoms with Crippen LogP contribution in [0.15, 0.2) is 0 Å². The van der Waals surface area contributed by atoms with Gasteiger partial charge in [-0.3, -0.25) is 0 Å². The van der Waals surface area contributed by atoms with Gasteiger partial charge in [-0.1, -0.05) is 21.8 Å². The van der Waals surface area contributed by atoms with Gasteiger partial charge in [0.15, 0.2) is 18.7 Å². The van der Waals surface area contributed by atoms with Gasteiger partial charge in [-0.05, 0) is 34.6 Å². The Kier molecular flexibility index (Phi) is 23.9. The summed E-state index contributed by atoms with van der Waals surface area (Å²) in [6.07, 6.45) is -23.0. The lowest BCUT2D eigenvalue weighted by Crippen LogP contribution is -2.67. The summed E-state index contributed by atoms with van der Waals surface area (Å²) in [7, 11) is 0. The SMILES string of the molecule is C.C.CC1(C)OC(CO)C(C)(COC2OC(CO)C(O)C(O)C2O)C(O)C1O.CC1OC(C)(C)C(O)C(O)C1O.O.O.O=C(O)C1OC(O)C(O)C(O)C1O. The molecule has 0 aliphatic carbocycles. The Hall–Kier alpha value is -1.37. The van der Waals surface area contributed by atoms with Crippen LogP contribution >= 0.6 is 0 Å². The number of aliphatic carboxylic acids is 1. The van der Waals surface area contributed by atoms with E-state index in [-0.39, 0.29) is 32.4 Å². The first kappa shape index (κ1) is 58.0. The van der Waals surface area contributed by atoms with Crippen molar-refractivity contribution in [2.24, 2.45) is 5.41 Å². The van der Waals surface area contributed by atoms with Gasteiger partial charge in [-0.2, -0.15) is 0 Å². The van der Waals surface area contributed by atoms with E-state index in [9.17, 15) is 55.9 Å². The van der Waals surface area contributed by atoms with Crippen molar-refractivity contribution in [1.29, 1.82) is 0 Å². The van der Waals surface area contributed by atoms with Crippen molar-refractivity contribution in [1.82, 2.24) is 0 Å². The van der Waals surface area contributed by atoms with Crippen LogP contribution in [0.3, 0.4) is 0 Å². The number of ether oxygens (including phenoxy) is 5. The molecule has 4 heterocycles. The zero-order valence-electron chi connectivity index (χ0n) is 30.1. The van der Waals surface area contributed by atoms with E-state index < -0.39 is 140 Å². The standard InChI is InChI=1S/C16H30O10.C8H16O4.C6H10O7.2CH4.2H2O/c1-15(2)12(22)13(23)16(3,8(5-18)26-15)6-24-14-11(21)10(20)9(19)7(4-17)25-14;1-4-5(9)6(10)7(11)8(2,3)12-4;7-1-2(8)4(5(10)11)13-6(12)3(1)9;;;;/h7-14,17-23H,4-6H2,1-3H3;4-7,9-11H,1-3H3;1-4,6-9,12H,(H,10,11);2*1H4;2*1H2. The molecule has 18 unspecified atom stereocenters. The molecule has 23 heteroatoms. The largest absolute Gasteiger partial charge is 0.479 e. The third-order valence-corrected chi connectivity index (χ3v) is 9.63. The molecule has 19 N–H and O–H groups in total. The molecule has 4 aliphatic heterocycles. The quantitative estimate of drug-likeness (QED) is 0.118. The maximum absolute atomic E-state index is 10.6. The van der Waals surface area contributed by atoms with Gasteiger partial charge in [-0.15, -0.1) is 0 Å². The van der Waals surface area contributed by atoms with Crippen LogP contribution in [0.5, 0.6) is 0 Å². The molecular weight excluding hydrogens is 752 g/mol. The number of aliphatic hydroxyl groups is 14. The van der Waals surface area contributed by atoms with Crippen molar-refractivity contribution in [2.45, 2.75) is 172 Å². The Balaban J connectivity index is -0.000000790. The van der Waals surface area contributed by atoms with E-state index in [0.717, 1.165) is 0 Å². The Morgan fingerprint density at radius 3 is 1.56 bits per heavy atom. The summed E-state index contributed by atoms with van der Waals surface area (Å²) >= 11 is 0. The number of hydrogen-bond donors (Lipinski definition) is 15. The van der Waals surface area contributed by atoms with Crippen molar-refractivity contribution in [2.75, 3.05) is 19.8 Å². The van der Waals surface area contributed by atoms with Crippen molar-refractivity contribution in [3.63, 3.8) is 0 Å². The molecule has 0 radical (unpaired) electrons. The maximum atomic E-state index is 10.6. The molecule has 55 heavy (non-hydrogen) atoms. The van der Waals surface area contributed by atoms with Gasteiger partial charge >= 0.3 is 5.97 Å². The van der Waals surface area contributed by atoms with Crippen LogP contribution in [0, 0.1) is 5.41 Å². The van der Waals surface area contributed by atoms with E-state index in [1.54, 1.807) is 41.5 Å². The fourth-order valence-electron chi connectivity index (χ4n) is 5.95. The molecule has 4 saturated heterocycles. The molecule has 0 aromatic carbocycles. The number of aliphatic hydroxyl groups excluding tert-OH is 14. The van der Waals surface area contributed by atoms with Crippen LogP contribution in [0.25, 0.3) is 0 Å². The molecule has 0 bridgehead atoms. The minimum Gasteiger partial charge on any atom is -0.479 e. The van der Waals surface area contributed by atoms with E-state index in [1.165, 1.54) is 0 Å². The zero-order valence-corrected chi connectivity index (χ0v) is 30.1. The average Bonchev–Trinajstić information content (AvgIpc) is 3.07. The van der Waals surface area contributed by atoms with Crippen molar-refractivity contribution in [3.05, 3.63) is 0 Å². The molecule has 0 spiro atoms. The first-order valence-electron chi connectivity index (χ1n) is 16.2. The highest BCUT2D eigenvalue weighted by molar-refractivity contribution is 5.73. The lowest BCUT2D eigenvalue weighted by Gasteiger charge is -2.53. The Labute approximate surface area is 319 Å². The summed E-state index contributed by atoms with van der Waals surface area (Å²) in [5, 5.41) is 142. The molecule has 4 aliphatic rings. The summed E-state index contributed by atoms with van der Waals surface area (Å²) < 4.78 is 26.1.